The van der Waals surface area contributed by atoms with Crippen LogP contribution in [0.15, 0.2) is 48.4 Å². The van der Waals surface area contributed by atoms with E-state index in [2.05, 4.69) is 20.4 Å². The van der Waals surface area contributed by atoms with Gasteiger partial charge in [-0.3, -0.25) is 14.8 Å². The van der Waals surface area contributed by atoms with Crippen LogP contribution in [0.25, 0.3) is 10.9 Å². The van der Waals surface area contributed by atoms with Gasteiger partial charge in [0.1, 0.15) is 6.17 Å². The lowest BCUT2D eigenvalue weighted by molar-refractivity contribution is -0.118. The Morgan fingerprint density at radius 3 is 3.04 bits per heavy atom. The molecule has 1 aliphatic rings. The minimum Gasteiger partial charge on any atom is -0.331 e. The lowest BCUT2D eigenvalue weighted by Crippen LogP contribution is -2.28. The molecule has 1 amide bonds. The molecule has 0 fully saturated rings. The Morgan fingerprint density at radius 2 is 2.22 bits per heavy atom. The second kappa shape index (κ2) is 6.27. The lowest BCUT2D eigenvalue weighted by atomic mass is 10.1. The number of rotatable bonds is 4. The number of halogens is 1. The zero-order chi connectivity index (χ0) is 18.4. The summed E-state index contributed by atoms with van der Waals surface area (Å²) in [5.41, 5.74) is 2.04. The molecule has 2 atom stereocenters. The fourth-order valence-electron chi connectivity index (χ4n) is 3.46. The van der Waals surface area contributed by atoms with Gasteiger partial charge in [0.25, 0.3) is 5.91 Å². The summed E-state index contributed by atoms with van der Waals surface area (Å²) in [6, 6.07) is 6.83. The van der Waals surface area contributed by atoms with Crippen molar-refractivity contribution in [3.05, 3.63) is 59.8 Å². The molecule has 0 saturated heterocycles. The van der Waals surface area contributed by atoms with E-state index in [0.29, 0.717) is 10.8 Å². The number of nitrogens with zero attached hydrogens (tertiary/aromatic N) is 5. The minimum absolute atomic E-state index is 0.247. The number of anilines is 1. The van der Waals surface area contributed by atoms with Crippen LogP contribution in [-0.2, 0) is 17.8 Å². The van der Waals surface area contributed by atoms with E-state index in [1.165, 1.54) is 11.3 Å². The van der Waals surface area contributed by atoms with E-state index in [9.17, 15) is 9.18 Å². The van der Waals surface area contributed by atoms with E-state index in [-0.39, 0.29) is 18.9 Å². The third-order valence-corrected chi connectivity index (χ3v) is 5.34. The Labute approximate surface area is 157 Å². The summed E-state index contributed by atoms with van der Waals surface area (Å²) in [4.78, 5) is 21.7. The summed E-state index contributed by atoms with van der Waals surface area (Å²) < 4.78 is 17.3. The van der Waals surface area contributed by atoms with Gasteiger partial charge in [-0.1, -0.05) is 18.2 Å². The largest absolute Gasteiger partial charge is 0.331 e. The van der Waals surface area contributed by atoms with Gasteiger partial charge < -0.3 is 4.57 Å². The molecule has 0 radical (unpaired) electrons. The molecule has 9 heteroatoms. The Balaban J connectivity index is 1.60. The van der Waals surface area contributed by atoms with Gasteiger partial charge in [0.05, 0.1) is 24.1 Å². The van der Waals surface area contributed by atoms with Crippen molar-refractivity contribution in [1.82, 2.24) is 24.3 Å². The number of aromatic nitrogens is 5. The van der Waals surface area contributed by atoms with Crippen molar-refractivity contribution < 1.29 is 9.18 Å². The normalized spacial score (nSPS) is 17.1. The van der Waals surface area contributed by atoms with E-state index in [4.69, 9.17) is 0 Å². The Hall–Kier alpha value is -3.07. The molecule has 0 bridgehead atoms. The van der Waals surface area contributed by atoms with Gasteiger partial charge >= 0.3 is 0 Å². The van der Waals surface area contributed by atoms with Crippen LogP contribution in [0.1, 0.15) is 17.4 Å². The van der Waals surface area contributed by atoms with Gasteiger partial charge in [0, 0.05) is 35.3 Å². The van der Waals surface area contributed by atoms with Crippen molar-refractivity contribution >= 4 is 33.3 Å². The highest BCUT2D eigenvalue weighted by molar-refractivity contribution is 7.13. The van der Waals surface area contributed by atoms with Crippen LogP contribution in [0, 0.1) is 0 Å². The molecule has 7 nitrogen and oxygen atoms in total. The molecular formula is C18H15FN6OS. The standard InChI is InChI=1S/C18H15FN6OS/c19-12-7-14-15(21-10-24(14)9-12)16(17(26)22-18-20-5-6-27-18)25-8-11-3-1-2-4-13(11)23-25/h1-6,8,10,12,16H,7,9H2,(H,20,22,26)/t12-,16?/m1/s1. The van der Waals surface area contributed by atoms with Crippen molar-refractivity contribution in [2.24, 2.45) is 0 Å². The number of fused-ring (bicyclic) bond motifs is 2. The number of hydrogen-bond donors (Lipinski definition) is 1. The first-order chi connectivity index (χ1) is 13.2. The maximum Gasteiger partial charge on any atom is 0.257 e. The van der Waals surface area contributed by atoms with Crippen molar-refractivity contribution in [3.8, 4) is 0 Å². The SMILES string of the molecule is O=C(Nc1nccs1)C(c1ncn2c1C[C@@H](F)C2)n1cc2ccccc2n1. The Kier molecular flexibility index (Phi) is 3.75. The number of nitrogens with one attached hydrogen (secondary N) is 1. The zero-order valence-corrected chi connectivity index (χ0v) is 14.9. The Morgan fingerprint density at radius 1 is 1.33 bits per heavy atom. The van der Waals surface area contributed by atoms with Gasteiger partial charge in [-0.15, -0.1) is 11.3 Å². The predicted molar refractivity (Wildman–Crippen MR) is 99.4 cm³/mol. The number of amides is 1. The predicted octanol–water partition coefficient (Wildman–Crippen LogP) is 2.81. The highest BCUT2D eigenvalue weighted by Crippen LogP contribution is 2.29. The number of hydrogen-bond acceptors (Lipinski definition) is 5. The topological polar surface area (TPSA) is 77.6 Å². The molecule has 0 spiro atoms. The van der Waals surface area contributed by atoms with Crippen LogP contribution in [0.2, 0.25) is 0 Å². The molecule has 27 heavy (non-hydrogen) atoms. The van der Waals surface area contributed by atoms with E-state index in [0.717, 1.165) is 16.6 Å². The lowest BCUT2D eigenvalue weighted by Gasteiger charge is -2.16. The first-order valence-corrected chi connectivity index (χ1v) is 9.39. The van der Waals surface area contributed by atoms with Gasteiger partial charge in [0.2, 0.25) is 0 Å². The average molecular weight is 382 g/mol. The summed E-state index contributed by atoms with van der Waals surface area (Å²) >= 11 is 1.33. The molecule has 1 aromatic carbocycles. The second-order valence-electron chi connectivity index (χ2n) is 6.43. The fourth-order valence-corrected chi connectivity index (χ4v) is 3.99. The van der Waals surface area contributed by atoms with Gasteiger partial charge in [-0.25, -0.2) is 14.4 Å². The van der Waals surface area contributed by atoms with Crippen LogP contribution in [0.3, 0.4) is 0 Å². The van der Waals surface area contributed by atoms with E-state index in [1.807, 2.05) is 30.5 Å². The zero-order valence-electron chi connectivity index (χ0n) is 14.1. The van der Waals surface area contributed by atoms with Crippen LogP contribution in [-0.4, -0.2) is 36.4 Å². The highest BCUT2D eigenvalue weighted by atomic mass is 32.1. The van der Waals surface area contributed by atoms with Crippen molar-refractivity contribution in [1.29, 1.82) is 0 Å². The molecule has 136 valence electrons. The third kappa shape index (κ3) is 2.80. The molecule has 0 aliphatic carbocycles. The first-order valence-electron chi connectivity index (χ1n) is 8.51. The number of benzene rings is 1. The van der Waals surface area contributed by atoms with Crippen molar-refractivity contribution in [2.45, 2.75) is 25.2 Å². The first kappa shape index (κ1) is 16.1. The number of imidazole rings is 1. The molecule has 1 unspecified atom stereocenters. The molecule has 1 aliphatic heterocycles. The van der Waals surface area contributed by atoms with Crippen LogP contribution in [0.4, 0.5) is 9.52 Å². The Bertz CT molecular complexity index is 1090. The molecule has 3 aromatic heterocycles. The number of thiazole rings is 1. The smallest absolute Gasteiger partial charge is 0.257 e. The number of carbonyl (C=O) groups is 1. The molecule has 4 heterocycles. The van der Waals surface area contributed by atoms with Crippen LogP contribution >= 0.6 is 11.3 Å². The van der Waals surface area contributed by atoms with Crippen molar-refractivity contribution in [2.75, 3.05) is 5.32 Å². The maximum absolute atomic E-state index is 13.9. The molecule has 1 N–H and O–H groups in total. The molecular weight excluding hydrogens is 367 g/mol. The summed E-state index contributed by atoms with van der Waals surface area (Å²) in [5, 5.41) is 10.6. The molecule has 5 rings (SSSR count). The van der Waals surface area contributed by atoms with Crippen LogP contribution in [0.5, 0.6) is 0 Å². The summed E-state index contributed by atoms with van der Waals surface area (Å²) in [6.07, 6.45) is 4.32. The highest BCUT2D eigenvalue weighted by Gasteiger charge is 2.34. The van der Waals surface area contributed by atoms with E-state index in [1.54, 1.807) is 27.2 Å². The summed E-state index contributed by atoms with van der Waals surface area (Å²) in [5.74, 6) is -0.304. The quantitative estimate of drug-likeness (QED) is 0.589. The second-order valence-corrected chi connectivity index (χ2v) is 7.32. The average Bonchev–Trinajstić information content (AvgIpc) is 3.40. The monoisotopic (exact) mass is 382 g/mol. The number of carbonyl (C=O) groups excluding carboxylic acids is 1. The van der Waals surface area contributed by atoms with E-state index < -0.39 is 12.2 Å². The molecule has 0 saturated carbocycles. The van der Waals surface area contributed by atoms with Gasteiger partial charge in [0.15, 0.2) is 11.2 Å². The van der Waals surface area contributed by atoms with Crippen LogP contribution < -0.4 is 5.32 Å². The summed E-state index contributed by atoms with van der Waals surface area (Å²) in [6.45, 7) is 0.268. The maximum atomic E-state index is 13.9. The molecule has 4 aromatic rings. The third-order valence-electron chi connectivity index (χ3n) is 4.65. The summed E-state index contributed by atoms with van der Waals surface area (Å²) in [7, 11) is 0. The number of alkyl halides is 1. The fraction of sp³-hybridized carbons (Fsp3) is 0.222. The van der Waals surface area contributed by atoms with Gasteiger partial charge in [-0.05, 0) is 6.07 Å². The van der Waals surface area contributed by atoms with Crippen molar-refractivity contribution in [3.63, 3.8) is 0 Å². The van der Waals surface area contributed by atoms with Gasteiger partial charge in [-0.2, -0.15) is 5.10 Å². The van der Waals surface area contributed by atoms with E-state index >= 15 is 0 Å². The minimum atomic E-state index is -0.957.